The molecule has 0 aromatic carbocycles. The third-order valence-electron chi connectivity index (χ3n) is 3.18. The fourth-order valence-electron chi connectivity index (χ4n) is 2.33. The van der Waals surface area contributed by atoms with Gasteiger partial charge in [-0.1, -0.05) is 18.5 Å². The molecule has 1 fully saturated rings. The Morgan fingerprint density at radius 2 is 2.17 bits per heavy atom. The van der Waals surface area contributed by atoms with Crippen LogP contribution in [0.5, 0.6) is 0 Å². The highest BCUT2D eigenvalue weighted by Gasteiger charge is 2.40. The van der Waals surface area contributed by atoms with Crippen LogP contribution < -0.4 is 5.32 Å². The SMILES string of the molecule is CCCNC1CCCC1c1nc(C(F)(F)F)no1. The Hall–Kier alpha value is -1.11. The Labute approximate surface area is 103 Å². The molecule has 1 N–H and O–H groups in total. The zero-order valence-electron chi connectivity index (χ0n) is 10.1. The summed E-state index contributed by atoms with van der Waals surface area (Å²) in [5.41, 5.74) is 0. The molecular formula is C11H16F3N3O. The number of rotatable bonds is 4. The fraction of sp³-hybridized carbons (Fsp3) is 0.818. The van der Waals surface area contributed by atoms with Crippen molar-refractivity contribution >= 4 is 0 Å². The lowest BCUT2D eigenvalue weighted by Crippen LogP contribution is -2.32. The van der Waals surface area contributed by atoms with E-state index < -0.39 is 12.0 Å². The zero-order chi connectivity index (χ0) is 13.2. The molecule has 1 heterocycles. The van der Waals surface area contributed by atoms with Crippen molar-refractivity contribution in [1.29, 1.82) is 0 Å². The molecule has 0 saturated heterocycles. The average molecular weight is 263 g/mol. The van der Waals surface area contributed by atoms with E-state index in [2.05, 4.69) is 15.5 Å². The number of nitrogens with one attached hydrogen (secondary N) is 1. The lowest BCUT2D eigenvalue weighted by molar-refractivity contribution is -0.146. The first-order chi connectivity index (χ1) is 8.52. The Morgan fingerprint density at radius 3 is 2.78 bits per heavy atom. The fourth-order valence-corrected chi connectivity index (χ4v) is 2.33. The van der Waals surface area contributed by atoms with Crippen molar-refractivity contribution in [3.8, 4) is 0 Å². The quantitative estimate of drug-likeness (QED) is 0.907. The maximum Gasteiger partial charge on any atom is 0.455 e. The van der Waals surface area contributed by atoms with E-state index in [0.717, 1.165) is 32.2 Å². The van der Waals surface area contributed by atoms with Gasteiger partial charge in [0.25, 0.3) is 5.82 Å². The number of aromatic nitrogens is 2. The zero-order valence-corrected chi connectivity index (χ0v) is 10.1. The molecule has 1 aliphatic carbocycles. The molecule has 1 aromatic rings. The standard InChI is InChI=1S/C11H16F3N3O/c1-2-6-15-8-5-3-4-7(8)9-16-10(17-18-9)11(12,13)14/h7-8,15H,2-6H2,1H3. The molecule has 2 unspecified atom stereocenters. The number of alkyl halides is 3. The summed E-state index contributed by atoms with van der Waals surface area (Å²) in [6.45, 7) is 2.90. The Balaban J connectivity index is 2.08. The summed E-state index contributed by atoms with van der Waals surface area (Å²) in [7, 11) is 0. The topological polar surface area (TPSA) is 51.0 Å². The van der Waals surface area contributed by atoms with Gasteiger partial charge in [-0.05, 0) is 25.8 Å². The number of nitrogens with zero attached hydrogens (tertiary/aromatic N) is 2. The minimum Gasteiger partial charge on any atom is -0.339 e. The van der Waals surface area contributed by atoms with Crippen LogP contribution in [0.25, 0.3) is 0 Å². The van der Waals surface area contributed by atoms with Gasteiger partial charge < -0.3 is 9.84 Å². The van der Waals surface area contributed by atoms with E-state index in [0.29, 0.717) is 0 Å². The Bertz CT molecular complexity index is 391. The molecule has 1 saturated carbocycles. The third kappa shape index (κ3) is 2.82. The van der Waals surface area contributed by atoms with E-state index in [-0.39, 0.29) is 17.9 Å². The molecule has 1 aliphatic rings. The second-order valence-corrected chi connectivity index (χ2v) is 4.55. The van der Waals surface area contributed by atoms with Crippen molar-refractivity contribution in [3.63, 3.8) is 0 Å². The van der Waals surface area contributed by atoms with E-state index in [1.165, 1.54) is 0 Å². The van der Waals surface area contributed by atoms with Crippen LogP contribution in [0, 0.1) is 0 Å². The highest BCUT2D eigenvalue weighted by Crippen LogP contribution is 2.35. The maximum atomic E-state index is 12.4. The van der Waals surface area contributed by atoms with Crippen LogP contribution in [-0.4, -0.2) is 22.7 Å². The first-order valence-corrected chi connectivity index (χ1v) is 6.16. The molecule has 0 bridgehead atoms. The van der Waals surface area contributed by atoms with Crippen molar-refractivity contribution in [1.82, 2.24) is 15.5 Å². The molecule has 102 valence electrons. The van der Waals surface area contributed by atoms with Crippen LogP contribution in [0.3, 0.4) is 0 Å². The monoisotopic (exact) mass is 263 g/mol. The molecule has 0 radical (unpaired) electrons. The summed E-state index contributed by atoms with van der Waals surface area (Å²) < 4.78 is 41.9. The smallest absolute Gasteiger partial charge is 0.339 e. The number of hydrogen-bond acceptors (Lipinski definition) is 4. The highest BCUT2D eigenvalue weighted by molar-refractivity contribution is 5.04. The first-order valence-electron chi connectivity index (χ1n) is 6.16. The average Bonchev–Trinajstić information content (AvgIpc) is 2.93. The number of halogens is 3. The van der Waals surface area contributed by atoms with Crippen LogP contribution in [0.15, 0.2) is 4.52 Å². The summed E-state index contributed by atoms with van der Waals surface area (Å²) in [5, 5.41) is 6.33. The summed E-state index contributed by atoms with van der Waals surface area (Å²) >= 11 is 0. The largest absolute Gasteiger partial charge is 0.455 e. The van der Waals surface area contributed by atoms with Gasteiger partial charge in [-0.2, -0.15) is 18.2 Å². The molecule has 18 heavy (non-hydrogen) atoms. The van der Waals surface area contributed by atoms with Crippen molar-refractivity contribution in [3.05, 3.63) is 11.7 Å². The predicted octanol–water partition coefficient (Wildman–Crippen LogP) is 2.72. The molecule has 0 amide bonds. The minimum atomic E-state index is -4.54. The molecule has 7 heteroatoms. The molecule has 1 aromatic heterocycles. The van der Waals surface area contributed by atoms with Crippen LogP contribution >= 0.6 is 0 Å². The van der Waals surface area contributed by atoms with Crippen molar-refractivity contribution < 1.29 is 17.7 Å². The third-order valence-corrected chi connectivity index (χ3v) is 3.18. The normalized spacial score (nSPS) is 24.7. The molecular weight excluding hydrogens is 247 g/mol. The van der Waals surface area contributed by atoms with Gasteiger partial charge >= 0.3 is 6.18 Å². The molecule has 0 aliphatic heterocycles. The van der Waals surface area contributed by atoms with Crippen LogP contribution in [0.4, 0.5) is 13.2 Å². The van der Waals surface area contributed by atoms with E-state index in [9.17, 15) is 13.2 Å². The Kier molecular flexibility index (Phi) is 3.89. The summed E-state index contributed by atoms with van der Waals surface area (Å²) in [4.78, 5) is 3.48. The van der Waals surface area contributed by atoms with Crippen molar-refractivity contribution in [2.75, 3.05) is 6.54 Å². The van der Waals surface area contributed by atoms with Gasteiger partial charge in [0.1, 0.15) is 0 Å². The van der Waals surface area contributed by atoms with Gasteiger partial charge in [-0.15, -0.1) is 0 Å². The lowest BCUT2D eigenvalue weighted by atomic mass is 10.0. The molecule has 2 atom stereocenters. The second kappa shape index (κ2) is 5.26. The van der Waals surface area contributed by atoms with Gasteiger partial charge in [0, 0.05) is 6.04 Å². The summed E-state index contributed by atoms with van der Waals surface area (Å²) in [6.07, 6.45) is -0.849. The molecule has 0 spiro atoms. The highest BCUT2D eigenvalue weighted by atomic mass is 19.4. The van der Waals surface area contributed by atoms with Crippen LogP contribution in [0.2, 0.25) is 0 Å². The first kappa shape index (κ1) is 13.3. The van der Waals surface area contributed by atoms with Crippen molar-refractivity contribution in [2.24, 2.45) is 0 Å². The molecule has 4 nitrogen and oxygen atoms in total. The van der Waals surface area contributed by atoms with Crippen LogP contribution in [0.1, 0.15) is 50.2 Å². The second-order valence-electron chi connectivity index (χ2n) is 4.55. The van der Waals surface area contributed by atoms with Gasteiger partial charge in [-0.25, -0.2) is 0 Å². The van der Waals surface area contributed by atoms with E-state index >= 15 is 0 Å². The van der Waals surface area contributed by atoms with Gasteiger partial charge in [0.2, 0.25) is 5.89 Å². The lowest BCUT2D eigenvalue weighted by Gasteiger charge is -2.17. The van der Waals surface area contributed by atoms with Gasteiger partial charge in [0.05, 0.1) is 5.92 Å². The van der Waals surface area contributed by atoms with Crippen molar-refractivity contribution in [2.45, 2.75) is 50.7 Å². The maximum absolute atomic E-state index is 12.4. The van der Waals surface area contributed by atoms with Gasteiger partial charge in [0.15, 0.2) is 0 Å². The molecule has 2 rings (SSSR count). The van der Waals surface area contributed by atoms with E-state index in [4.69, 9.17) is 4.52 Å². The van der Waals surface area contributed by atoms with Gasteiger partial charge in [-0.3, -0.25) is 0 Å². The Morgan fingerprint density at radius 1 is 1.39 bits per heavy atom. The minimum absolute atomic E-state index is 0.0971. The van der Waals surface area contributed by atoms with E-state index in [1.54, 1.807) is 0 Å². The summed E-state index contributed by atoms with van der Waals surface area (Å²) in [5.74, 6) is -1.17. The number of hydrogen-bond donors (Lipinski definition) is 1. The predicted molar refractivity (Wildman–Crippen MR) is 58.0 cm³/mol. The van der Waals surface area contributed by atoms with E-state index in [1.807, 2.05) is 6.92 Å². The van der Waals surface area contributed by atoms with Crippen LogP contribution in [-0.2, 0) is 6.18 Å². The summed E-state index contributed by atoms with van der Waals surface area (Å²) in [6, 6.07) is 0.145.